The van der Waals surface area contributed by atoms with Crippen molar-refractivity contribution in [2.75, 3.05) is 5.73 Å². The van der Waals surface area contributed by atoms with Crippen molar-refractivity contribution in [3.63, 3.8) is 0 Å². The van der Waals surface area contributed by atoms with Gasteiger partial charge in [0.1, 0.15) is 11.0 Å². The summed E-state index contributed by atoms with van der Waals surface area (Å²) in [6.45, 7) is 2.54. The molecule has 1 rings (SSSR count). The Labute approximate surface area is 75.0 Å². The molecular weight excluding hydrogens is 178 g/mol. The molecule has 0 aromatic carbocycles. The first-order chi connectivity index (χ1) is 5.65. The zero-order valence-corrected chi connectivity index (χ0v) is 7.51. The molecule has 1 aromatic heterocycles. The SMILES string of the molecule is CCCn1c(N)cc(Cl)nc1=O. The number of nitrogens with two attached hydrogens (primary N) is 1. The Bertz CT molecular complexity index is 334. The predicted molar refractivity (Wildman–Crippen MR) is 48.2 cm³/mol. The first kappa shape index (κ1) is 9.06. The first-order valence-electron chi connectivity index (χ1n) is 3.68. The van der Waals surface area contributed by atoms with E-state index in [0.29, 0.717) is 12.4 Å². The highest BCUT2D eigenvalue weighted by Crippen LogP contribution is 2.06. The van der Waals surface area contributed by atoms with Gasteiger partial charge >= 0.3 is 5.69 Å². The van der Waals surface area contributed by atoms with E-state index in [4.69, 9.17) is 17.3 Å². The fourth-order valence-electron chi connectivity index (χ4n) is 0.943. The van der Waals surface area contributed by atoms with Crippen molar-refractivity contribution in [1.29, 1.82) is 0 Å². The average Bonchev–Trinajstić information content (AvgIpc) is 1.96. The van der Waals surface area contributed by atoms with Gasteiger partial charge in [-0.1, -0.05) is 18.5 Å². The summed E-state index contributed by atoms with van der Waals surface area (Å²) >= 11 is 5.52. The van der Waals surface area contributed by atoms with Gasteiger partial charge in [-0.3, -0.25) is 4.57 Å². The maximum atomic E-state index is 11.1. The average molecular weight is 188 g/mol. The molecule has 0 spiro atoms. The van der Waals surface area contributed by atoms with Crippen LogP contribution in [0.3, 0.4) is 0 Å². The molecule has 0 atom stereocenters. The minimum atomic E-state index is -0.387. The third-order valence-electron chi connectivity index (χ3n) is 1.46. The molecule has 1 heterocycles. The summed E-state index contributed by atoms with van der Waals surface area (Å²) in [7, 11) is 0. The smallest absolute Gasteiger partial charge is 0.350 e. The number of hydrogen-bond donors (Lipinski definition) is 1. The van der Waals surface area contributed by atoms with Gasteiger partial charge in [-0.05, 0) is 6.42 Å². The Kier molecular flexibility index (Phi) is 2.70. The van der Waals surface area contributed by atoms with Crippen LogP contribution in [0, 0.1) is 0 Å². The van der Waals surface area contributed by atoms with Crippen LogP contribution in [0.5, 0.6) is 0 Å². The molecule has 0 radical (unpaired) electrons. The van der Waals surface area contributed by atoms with Crippen LogP contribution in [0.15, 0.2) is 10.9 Å². The van der Waals surface area contributed by atoms with E-state index >= 15 is 0 Å². The molecule has 0 fully saturated rings. The Balaban J connectivity index is 3.19. The molecule has 0 aliphatic carbocycles. The number of nitrogens with zero attached hydrogens (tertiary/aromatic N) is 2. The molecule has 66 valence electrons. The van der Waals surface area contributed by atoms with Crippen molar-refractivity contribution in [3.05, 3.63) is 21.7 Å². The minimum Gasteiger partial charge on any atom is -0.385 e. The van der Waals surface area contributed by atoms with Gasteiger partial charge in [0.15, 0.2) is 0 Å². The molecule has 2 N–H and O–H groups in total. The number of rotatable bonds is 2. The summed E-state index contributed by atoms with van der Waals surface area (Å²) in [4.78, 5) is 14.7. The third kappa shape index (κ3) is 1.76. The quantitative estimate of drug-likeness (QED) is 0.700. The highest BCUT2D eigenvalue weighted by Gasteiger charge is 2.02. The summed E-state index contributed by atoms with van der Waals surface area (Å²) in [5.74, 6) is 0.363. The first-order valence-corrected chi connectivity index (χ1v) is 4.05. The Morgan fingerprint density at radius 1 is 1.75 bits per heavy atom. The highest BCUT2D eigenvalue weighted by atomic mass is 35.5. The van der Waals surface area contributed by atoms with Crippen molar-refractivity contribution < 1.29 is 0 Å². The molecule has 0 saturated heterocycles. The van der Waals surface area contributed by atoms with Crippen molar-refractivity contribution in [1.82, 2.24) is 9.55 Å². The summed E-state index contributed by atoms with van der Waals surface area (Å²) in [5, 5.41) is 0.143. The van der Waals surface area contributed by atoms with Gasteiger partial charge in [0, 0.05) is 12.6 Å². The van der Waals surface area contributed by atoms with Gasteiger partial charge < -0.3 is 5.73 Å². The Morgan fingerprint density at radius 3 is 2.92 bits per heavy atom. The largest absolute Gasteiger partial charge is 0.385 e. The molecule has 0 aliphatic heterocycles. The normalized spacial score (nSPS) is 10.2. The van der Waals surface area contributed by atoms with E-state index in [-0.39, 0.29) is 10.8 Å². The number of hydrogen-bond acceptors (Lipinski definition) is 3. The third-order valence-corrected chi connectivity index (χ3v) is 1.65. The Hall–Kier alpha value is -1.03. The van der Waals surface area contributed by atoms with E-state index in [1.165, 1.54) is 10.6 Å². The topological polar surface area (TPSA) is 60.9 Å². The van der Waals surface area contributed by atoms with E-state index in [1.54, 1.807) is 0 Å². The predicted octanol–water partition coefficient (Wildman–Crippen LogP) is 0.889. The lowest BCUT2D eigenvalue weighted by Crippen LogP contribution is -2.25. The van der Waals surface area contributed by atoms with Crippen molar-refractivity contribution in [3.8, 4) is 0 Å². The van der Waals surface area contributed by atoms with Crippen molar-refractivity contribution in [2.24, 2.45) is 0 Å². The minimum absolute atomic E-state index is 0.143. The lowest BCUT2D eigenvalue weighted by atomic mass is 10.4. The number of halogens is 1. The van der Waals surface area contributed by atoms with Crippen LogP contribution >= 0.6 is 11.6 Å². The molecule has 4 nitrogen and oxygen atoms in total. The summed E-state index contributed by atoms with van der Waals surface area (Å²) < 4.78 is 1.39. The van der Waals surface area contributed by atoms with Gasteiger partial charge in [0.25, 0.3) is 0 Å². The summed E-state index contributed by atoms with van der Waals surface area (Å²) in [5.41, 5.74) is 5.16. The summed E-state index contributed by atoms with van der Waals surface area (Å²) in [6.07, 6.45) is 0.841. The molecule has 0 saturated carbocycles. The van der Waals surface area contributed by atoms with E-state index in [0.717, 1.165) is 6.42 Å². The van der Waals surface area contributed by atoms with Crippen LogP contribution < -0.4 is 11.4 Å². The van der Waals surface area contributed by atoms with Crippen LogP contribution in [0.4, 0.5) is 5.82 Å². The number of anilines is 1. The van der Waals surface area contributed by atoms with Crippen LogP contribution in [-0.2, 0) is 6.54 Å². The van der Waals surface area contributed by atoms with Gasteiger partial charge in [-0.15, -0.1) is 0 Å². The monoisotopic (exact) mass is 187 g/mol. The molecule has 1 aromatic rings. The van der Waals surface area contributed by atoms with Crippen LogP contribution in [-0.4, -0.2) is 9.55 Å². The fraction of sp³-hybridized carbons (Fsp3) is 0.429. The van der Waals surface area contributed by atoms with Crippen LogP contribution in [0.1, 0.15) is 13.3 Å². The van der Waals surface area contributed by atoms with Crippen LogP contribution in [0.25, 0.3) is 0 Å². The number of nitrogen functional groups attached to an aromatic ring is 1. The van der Waals surface area contributed by atoms with Gasteiger partial charge in [0.05, 0.1) is 0 Å². The second-order valence-electron chi connectivity index (χ2n) is 2.44. The maximum absolute atomic E-state index is 11.1. The van der Waals surface area contributed by atoms with Crippen LogP contribution in [0.2, 0.25) is 5.15 Å². The molecule has 0 unspecified atom stereocenters. The molecule has 12 heavy (non-hydrogen) atoms. The molecule has 5 heteroatoms. The van der Waals surface area contributed by atoms with Gasteiger partial charge in [-0.2, -0.15) is 4.98 Å². The molecule has 0 amide bonds. The zero-order valence-electron chi connectivity index (χ0n) is 6.75. The lowest BCUT2D eigenvalue weighted by Gasteiger charge is -2.05. The second-order valence-corrected chi connectivity index (χ2v) is 2.83. The zero-order chi connectivity index (χ0) is 9.14. The van der Waals surface area contributed by atoms with E-state index in [1.807, 2.05) is 6.92 Å². The lowest BCUT2D eigenvalue weighted by molar-refractivity contribution is 0.645. The van der Waals surface area contributed by atoms with E-state index in [9.17, 15) is 4.79 Å². The fourth-order valence-corrected chi connectivity index (χ4v) is 1.13. The van der Waals surface area contributed by atoms with Gasteiger partial charge in [-0.25, -0.2) is 4.79 Å². The molecule has 0 aliphatic rings. The van der Waals surface area contributed by atoms with Gasteiger partial charge in [0.2, 0.25) is 0 Å². The Morgan fingerprint density at radius 2 is 2.42 bits per heavy atom. The molecular formula is C7H10ClN3O. The maximum Gasteiger partial charge on any atom is 0.350 e. The van der Waals surface area contributed by atoms with Crippen molar-refractivity contribution in [2.45, 2.75) is 19.9 Å². The van der Waals surface area contributed by atoms with E-state index < -0.39 is 0 Å². The highest BCUT2D eigenvalue weighted by molar-refractivity contribution is 6.29. The van der Waals surface area contributed by atoms with E-state index in [2.05, 4.69) is 4.98 Å². The number of aromatic nitrogens is 2. The van der Waals surface area contributed by atoms with Crippen molar-refractivity contribution >= 4 is 17.4 Å². The summed E-state index contributed by atoms with van der Waals surface area (Å²) in [6, 6.07) is 1.47. The standard InChI is InChI=1S/C7H10ClN3O/c1-2-3-11-6(9)4-5(8)10-7(11)12/h4H,2-3,9H2,1H3. The second kappa shape index (κ2) is 3.58. The molecule has 0 bridgehead atoms.